The van der Waals surface area contributed by atoms with Crippen LogP contribution in [0.3, 0.4) is 0 Å². The summed E-state index contributed by atoms with van der Waals surface area (Å²) in [5, 5.41) is 10.4. The molecule has 1 N–H and O–H groups in total. The van der Waals surface area contributed by atoms with Gasteiger partial charge in [-0.15, -0.1) is 0 Å². The molecule has 4 aliphatic rings. The summed E-state index contributed by atoms with van der Waals surface area (Å²) >= 11 is 0. The average Bonchev–Trinajstić information content (AvgIpc) is 2.76. The van der Waals surface area contributed by atoms with Crippen molar-refractivity contribution in [3.8, 4) is 0 Å². The van der Waals surface area contributed by atoms with Crippen molar-refractivity contribution in [1.29, 1.82) is 0 Å². The number of rotatable bonds is 0. The molecule has 4 rings (SSSR count). The molecule has 0 aromatic heterocycles. The monoisotopic (exact) mass is 292 g/mol. The molecule has 0 heterocycles. The molecular formula is C19H29FO. The molecule has 1 nitrogen and oxygen atoms in total. The summed E-state index contributed by atoms with van der Waals surface area (Å²) < 4.78 is 13.8. The third kappa shape index (κ3) is 1.84. The first-order chi connectivity index (χ1) is 9.95. The van der Waals surface area contributed by atoms with E-state index in [9.17, 15) is 9.50 Å². The van der Waals surface area contributed by atoms with Crippen LogP contribution in [0.1, 0.15) is 65.2 Å². The van der Waals surface area contributed by atoms with Gasteiger partial charge in [0.1, 0.15) is 6.17 Å². The summed E-state index contributed by atoms with van der Waals surface area (Å²) in [4.78, 5) is 0. The van der Waals surface area contributed by atoms with Crippen LogP contribution in [0.25, 0.3) is 0 Å². The number of aliphatic hydroxyl groups excluding tert-OH is 1. The van der Waals surface area contributed by atoms with E-state index in [4.69, 9.17) is 0 Å². The fraction of sp³-hybridized carbons (Fsp3) is 0.895. The van der Waals surface area contributed by atoms with Crippen LogP contribution < -0.4 is 0 Å². The lowest BCUT2D eigenvalue weighted by molar-refractivity contribution is -0.0687. The van der Waals surface area contributed by atoms with Crippen LogP contribution in [0.15, 0.2) is 11.6 Å². The smallest absolute Gasteiger partial charge is 0.104 e. The van der Waals surface area contributed by atoms with Gasteiger partial charge >= 0.3 is 0 Å². The van der Waals surface area contributed by atoms with E-state index >= 15 is 0 Å². The first kappa shape index (κ1) is 14.2. The van der Waals surface area contributed by atoms with Gasteiger partial charge in [-0.3, -0.25) is 0 Å². The van der Waals surface area contributed by atoms with Crippen LogP contribution in [0, 0.1) is 28.6 Å². The number of alkyl halides is 1. The summed E-state index contributed by atoms with van der Waals surface area (Å²) in [6.07, 6.45) is 9.89. The van der Waals surface area contributed by atoms with Crippen molar-refractivity contribution < 1.29 is 9.50 Å². The molecule has 0 aromatic rings. The quantitative estimate of drug-likeness (QED) is 0.644. The van der Waals surface area contributed by atoms with E-state index in [0.29, 0.717) is 12.3 Å². The average molecular weight is 292 g/mol. The molecular weight excluding hydrogens is 263 g/mol. The van der Waals surface area contributed by atoms with Crippen LogP contribution in [0.5, 0.6) is 0 Å². The predicted molar refractivity (Wildman–Crippen MR) is 82.6 cm³/mol. The lowest BCUT2D eigenvalue weighted by Gasteiger charge is -2.57. The molecule has 0 unspecified atom stereocenters. The molecule has 4 aliphatic carbocycles. The molecule has 2 heteroatoms. The second-order valence-corrected chi connectivity index (χ2v) is 8.74. The van der Waals surface area contributed by atoms with Gasteiger partial charge in [0.2, 0.25) is 0 Å². The van der Waals surface area contributed by atoms with Crippen LogP contribution in [-0.2, 0) is 0 Å². The van der Waals surface area contributed by atoms with Gasteiger partial charge in [-0.25, -0.2) is 4.39 Å². The number of halogens is 1. The molecule has 0 spiro atoms. The molecule has 0 aliphatic heterocycles. The Kier molecular flexibility index (Phi) is 3.10. The molecule has 0 bridgehead atoms. The second kappa shape index (κ2) is 4.57. The maximum Gasteiger partial charge on any atom is 0.104 e. The minimum absolute atomic E-state index is 0.0942. The van der Waals surface area contributed by atoms with Crippen molar-refractivity contribution >= 4 is 0 Å². The number of aliphatic hydroxyl groups is 1. The van der Waals surface area contributed by atoms with Gasteiger partial charge in [0.25, 0.3) is 0 Å². The van der Waals surface area contributed by atoms with E-state index in [2.05, 4.69) is 19.9 Å². The zero-order chi connectivity index (χ0) is 14.8. The standard InChI is InChI=1S/C19H29FO/c1-18-9-7-13(20)11-12(18)3-4-14-15-5-6-17(21)19(15,2)10-8-16(14)18/h3,13-17,21H,4-11H2,1-2H3/t13-,14-,15-,16-,17-,18-,19-/m0/s1. The third-order valence-corrected chi connectivity index (χ3v) is 7.99. The van der Waals surface area contributed by atoms with Crippen molar-refractivity contribution in [2.75, 3.05) is 0 Å². The lowest BCUT2D eigenvalue weighted by Crippen LogP contribution is -2.50. The first-order valence-corrected chi connectivity index (χ1v) is 8.97. The molecule has 7 atom stereocenters. The van der Waals surface area contributed by atoms with Gasteiger partial charge in [0, 0.05) is 6.42 Å². The molecule has 0 aromatic carbocycles. The summed E-state index contributed by atoms with van der Waals surface area (Å²) in [5.74, 6) is 2.14. The largest absolute Gasteiger partial charge is 0.393 e. The summed E-state index contributed by atoms with van der Waals surface area (Å²) in [7, 11) is 0. The lowest BCUT2D eigenvalue weighted by atomic mass is 9.48. The Hall–Kier alpha value is -0.370. The molecule has 0 radical (unpaired) electrons. The van der Waals surface area contributed by atoms with Gasteiger partial charge in [-0.2, -0.15) is 0 Å². The SMILES string of the molecule is C[C@]12CC[C@H]3[C@@H](CC=C4C[C@@H](F)CC[C@@]43C)[C@@H]1CC[C@@H]2O. The van der Waals surface area contributed by atoms with Gasteiger partial charge in [-0.1, -0.05) is 25.5 Å². The molecule has 118 valence electrons. The highest BCUT2D eigenvalue weighted by Gasteiger charge is 2.58. The maximum atomic E-state index is 13.8. The van der Waals surface area contributed by atoms with Crippen molar-refractivity contribution in [2.45, 2.75) is 77.5 Å². The molecule has 3 saturated carbocycles. The number of fused-ring (bicyclic) bond motifs is 5. The highest BCUT2D eigenvalue weighted by atomic mass is 19.1. The van der Waals surface area contributed by atoms with E-state index in [1.807, 2.05) is 0 Å². The van der Waals surface area contributed by atoms with Crippen LogP contribution in [0.4, 0.5) is 4.39 Å². The van der Waals surface area contributed by atoms with Crippen LogP contribution in [0.2, 0.25) is 0 Å². The Morgan fingerprint density at radius 1 is 1.10 bits per heavy atom. The van der Waals surface area contributed by atoms with Crippen LogP contribution >= 0.6 is 0 Å². The van der Waals surface area contributed by atoms with Gasteiger partial charge in [-0.05, 0) is 73.5 Å². The van der Waals surface area contributed by atoms with Gasteiger partial charge in [0.15, 0.2) is 0 Å². The van der Waals surface area contributed by atoms with E-state index in [0.717, 1.165) is 37.5 Å². The minimum Gasteiger partial charge on any atom is -0.393 e. The van der Waals surface area contributed by atoms with E-state index in [1.54, 1.807) is 0 Å². The van der Waals surface area contributed by atoms with Gasteiger partial charge in [0.05, 0.1) is 6.10 Å². The first-order valence-electron chi connectivity index (χ1n) is 8.97. The third-order valence-electron chi connectivity index (χ3n) is 7.99. The maximum absolute atomic E-state index is 13.8. The fourth-order valence-corrected chi connectivity index (χ4v) is 6.59. The normalized spacial score (nSPS) is 56.2. The molecule has 21 heavy (non-hydrogen) atoms. The Balaban J connectivity index is 1.68. The minimum atomic E-state index is -0.608. The Morgan fingerprint density at radius 3 is 2.71 bits per heavy atom. The topological polar surface area (TPSA) is 20.2 Å². The highest BCUT2D eigenvalue weighted by Crippen LogP contribution is 2.64. The van der Waals surface area contributed by atoms with E-state index < -0.39 is 6.17 Å². The van der Waals surface area contributed by atoms with Crippen LogP contribution in [-0.4, -0.2) is 17.4 Å². The van der Waals surface area contributed by atoms with E-state index in [-0.39, 0.29) is 16.9 Å². The number of hydrogen-bond acceptors (Lipinski definition) is 1. The Bertz CT molecular complexity index is 472. The molecule has 3 fully saturated rings. The predicted octanol–water partition coefficient (Wildman–Crippen LogP) is 4.65. The summed E-state index contributed by atoms with van der Waals surface area (Å²) in [6.45, 7) is 4.74. The van der Waals surface area contributed by atoms with Crippen molar-refractivity contribution in [1.82, 2.24) is 0 Å². The number of allylic oxidation sites excluding steroid dienone is 2. The second-order valence-electron chi connectivity index (χ2n) is 8.74. The van der Waals surface area contributed by atoms with Crippen molar-refractivity contribution in [3.05, 3.63) is 11.6 Å². The Labute approximate surface area is 128 Å². The fourth-order valence-electron chi connectivity index (χ4n) is 6.59. The summed E-state index contributed by atoms with van der Waals surface area (Å²) in [6, 6.07) is 0. The zero-order valence-electron chi connectivity index (χ0n) is 13.4. The van der Waals surface area contributed by atoms with Crippen molar-refractivity contribution in [2.24, 2.45) is 28.6 Å². The van der Waals surface area contributed by atoms with E-state index in [1.165, 1.54) is 24.8 Å². The van der Waals surface area contributed by atoms with Crippen molar-refractivity contribution in [3.63, 3.8) is 0 Å². The molecule has 0 saturated heterocycles. The zero-order valence-corrected chi connectivity index (χ0v) is 13.4. The number of hydrogen-bond donors (Lipinski definition) is 1. The van der Waals surface area contributed by atoms with Gasteiger partial charge < -0.3 is 5.11 Å². The Morgan fingerprint density at radius 2 is 1.90 bits per heavy atom. The highest BCUT2D eigenvalue weighted by molar-refractivity contribution is 5.25. The summed E-state index contributed by atoms with van der Waals surface area (Å²) in [5.41, 5.74) is 1.82. The molecule has 0 amide bonds.